The van der Waals surface area contributed by atoms with E-state index in [-0.39, 0.29) is 0 Å². The van der Waals surface area contributed by atoms with Crippen molar-refractivity contribution >= 4 is 17.7 Å². The molecule has 2 aromatic rings. The van der Waals surface area contributed by atoms with Crippen LogP contribution in [-0.4, -0.2) is 42.5 Å². The molecule has 146 valence electrons. The van der Waals surface area contributed by atoms with Crippen LogP contribution >= 0.6 is 11.8 Å². The Morgan fingerprint density at radius 2 is 2.04 bits per heavy atom. The SMILES string of the molecule is CN=C(NCc1ccccc1CN(C)Cc1ccco1)NCC1CCCS1. The minimum atomic E-state index is 0.714. The first-order valence-electron chi connectivity index (χ1n) is 9.58. The zero-order valence-electron chi connectivity index (χ0n) is 16.3. The van der Waals surface area contributed by atoms with Crippen LogP contribution in [0.2, 0.25) is 0 Å². The summed E-state index contributed by atoms with van der Waals surface area (Å²) < 4.78 is 5.45. The molecule has 1 aliphatic rings. The van der Waals surface area contributed by atoms with Gasteiger partial charge in [0.1, 0.15) is 5.76 Å². The molecule has 0 bridgehead atoms. The van der Waals surface area contributed by atoms with Gasteiger partial charge in [-0.3, -0.25) is 9.89 Å². The van der Waals surface area contributed by atoms with Crippen molar-refractivity contribution in [2.45, 2.75) is 37.7 Å². The van der Waals surface area contributed by atoms with E-state index in [1.807, 2.05) is 19.2 Å². The highest BCUT2D eigenvalue weighted by atomic mass is 32.2. The van der Waals surface area contributed by atoms with Crippen LogP contribution < -0.4 is 10.6 Å². The summed E-state index contributed by atoms with van der Waals surface area (Å²) in [5.41, 5.74) is 2.61. The van der Waals surface area contributed by atoms with Crippen LogP contribution in [0, 0.1) is 0 Å². The quantitative estimate of drug-likeness (QED) is 0.537. The Kier molecular flexibility index (Phi) is 7.66. The molecule has 1 aliphatic heterocycles. The van der Waals surface area contributed by atoms with E-state index in [0.717, 1.165) is 37.9 Å². The summed E-state index contributed by atoms with van der Waals surface area (Å²) in [4.78, 5) is 6.63. The number of nitrogens with zero attached hydrogens (tertiary/aromatic N) is 2. The second-order valence-corrected chi connectivity index (χ2v) is 8.37. The first-order chi connectivity index (χ1) is 13.2. The van der Waals surface area contributed by atoms with Crippen molar-refractivity contribution in [2.24, 2.45) is 4.99 Å². The Balaban J connectivity index is 1.51. The first-order valence-corrected chi connectivity index (χ1v) is 10.6. The smallest absolute Gasteiger partial charge is 0.191 e. The van der Waals surface area contributed by atoms with Gasteiger partial charge in [-0.05, 0) is 48.9 Å². The number of aliphatic imine (C=N–C) groups is 1. The van der Waals surface area contributed by atoms with Crippen LogP contribution in [0.4, 0.5) is 0 Å². The third kappa shape index (κ3) is 6.33. The van der Waals surface area contributed by atoms with E-state index < -0.39 is 0 Å². The summed E-state index contributed by atoms with van der Waals surface area (Å²) in [6.45, 7) is 3.43. The molecule has 2 heterocycles. The fourth-order valence-electron chi connectivity index (χ4n) is 3.31. The molecule has 0 spiro atoms. The van der Waals surface area contributed by atoms with Crippen LogP contribution in [0.3, 0.4) is 0 Å². The lowest BCUT2D eigenvalue weighted by Crippen LogP contribution is -2.39. The molecule has 5 nitrogen and oxygen atoms in total. The maximum atomic E-state index is 5.45. The molecule has 1 unspecified atom stereocenters. The van der Waals surface area contributed by atoms with Gasteiger partial charge in [0.15, 0.2) is 5.96 Å². The molecule has 1 aromatic carbocycles. The standard InChI is InChI=1S/C21H30N4OS/c1-22-21(24-14-20-10-6-12-27-20)23-13-17-7-3-4-8-18(17)15-25(2)16-19-9-5-11-26-19/h3-5,7-9,11,20H,6,10,12-16H2,1-2H3,(H2,22,23,24). The van der Waals surface area contributed by atoms with E-state index in [9.17, 15) is 0 Å². The number of hydrogen-bond acceptors (Lipinski definition) is 4. The summed E-state index contributed by atoms with van der Waals surface area (Å²) in [5.74, 6) is 3.15. The Morgan fingerprint density at radius 3 is 2.74 bits per heavy atom. The van der Waals surface area contributed by atoms with Crippen LogP contribution in [-0.2, 0) is 19.6 Å². The van der Waals surface area contributed by atoms with E-state index in [2.05, 4.69) is 63.6 Å². The minimum absolute atomic E-state index is 0.714. The molecule has 3 rings (SSSR count). The predicted molar refractivity (Wildman–Crippen MR) is 114 cm³/mol. The van der Waals surface area contributed by atoms with Gasteiger partial charge in [-0.25, -0.2) is 0 Å². The van der Waals surface area contributed by atoms with Crippen LogP contribution in [0.25, 0.3) is 0 Å². The maximum Gasteiger partial charge on any atom is 0.191 e. The normalized spacial score (nSPS) is 17.4. The summed E-state index contributed by atoms with van der Waals surface area (Å²) in [6, 6.07) is 12.5. The van der Waals surface area contributed by atoms with E-state index in [0.29, 0.717) is 5.25 Å². The second kappa shape index (κ2) is 10.4. The molecule has 0 aliphatic carbocycles. The molecule has 6 heteroatoms. The lowest BCUT2D eigenvalue weighted by atomic mass is 10.1. The third-order valence-corrected chi connectivity index (χ3v) is 6.15. The molecular formula is C21H30N4OS. The Hall–Kier alpha value is -1.92. The van der Waals surface area contributed by atoms with Gasteiger partial charge < -0.3 is 15.1 Å². The highest BCUT2D eigenvalue weighted by Crippen LogP contribution is 2.25. The van der Waals surface area contributed by atoms with E-state index in [1.54, 1.807) is 6.26 Å². The van der Waals surface area contributed by atoms with Gasteiger partial charge in [-0.15, -0.1) is 0 Å². The highest BCUT2D eigenvalue weighted by molar-refractivity contribution is 8.00. The van der Waals surface area contributed by atoms with Gasteiger partial charge in [-0.2, -0.15) is 11.8 Å². The average molecular weight is 387 g/mol. The Morgan fingerprint density at radius 1 is 1.19 bits per heavy atom. The van der Waals surface area contributed by atoms with Gasteiger partial charge in [0.05, 0.1) is 12.8 Å². The van der Waals surface area contributed by atoms with Gasteiger partial charge in [0.25, 0.3) is 0 Å². The van der Waals surface area contributed by atoms with E-state index in [1.165, 1.54) is 29.7 Å². The van der Waals surface area contributed by atoms with Crippen molar-refractivity contribution in [3.8, 4) is 0 Å². The van der Waals surface area contributed by atoms with Crippen molar-refractivity contribution in [2.75, 3.05) is 26.4 Å². The van der Waals surface area contributed by atoms with E-state index in [4.69, 9.17) is 4.42 Å². The van der Waals surface area contributed by atoms with Crippen molar-refractivity contribution in [1.29, 1.82) is 0 Å². The maximum absolute atomic E-state index is 5.45. The first kappa shape index (κ1) is 19.8. The fraction of sp³-hybridized carbons (Fsp3) is 0.476. The van der Waals surface area contributed by atoms with Gasteiger partial charge in [0, 0.05) is 31.9 Å². The molecule has 1 saturated heterocycles. The number of hydrogen-bond donors (Lipinski definition) is 2. The molecule has 1 fully saturated rings. The lowest BCUT2D eigenvalue weighted by molar-refractivity contribution is 0.287. The molecule has 0 saturated carbocycles. The predicted octanol–water partition coefficient (Wildman–Crippen LogP) is 3.47. The molecule has 2 N–H and O–H groups in total. The van der Waals surface area contributed by atoms with Crippen LogP contribution in [0.15, 0.2) is 52.1 Å². The van der Waals surface area contributed by atoms with Crippen molar-refractivity contribution in [1.82, 2.24) is 15.5 Å². The monoisotopic (exact) mass is 386 g/mol. The zero-order chi connectivity index (χ0) is 18.9. The second-order valence-electron chi connectivity index (χ2n) is 6.96. The molecule has 0 amide bonds. The van der Waals surface area contributed by atoms with E-state index >= 15 is 0 Å². The van der Waals surface area contributed by atoms with Crippen LogP contribution in [0.1, 0.15) is 29.7 Å². The molecule has 27 heavy (non-hydrogen) atoms. The number of thioether (sulfide) groups is 1. The molecule has 1 aromatic heterocycles. The van der Waals surface area contributed by atoms with Gasteiger partial charge >= 0.3 is 0 Å². The van der Waals surface area contributed by atoms with Gasteiger partial charge in [0.2, 0.25) is 0 Å². The van der Waals surface area contributed by atoms with Crippen molar-refractivity contribution < 1.29 is 4.42 Å². The minimum Gasteiger partial charge on any atom is -0.468 e. The number of furan rings is 1. The van der Waals surface area contributed by atoms with Crippen LogP contribution in [0.5, 0.6) is 0 Å². The molecular weight excluding hydrogens is 356 g/mol. The van der Waals surface area contributed by atoms with Crippen molar-refractivity contribution in [3.05, 3.63) is 59.5 Å². The average Bonchev–Trinajstić information content (AvgIpc) is 3.37. The van der Waals surface area contributed by atoms with Gasteiger partial charge in [-0.1, -0.05) is 24.3 Å². The summed E-state index contributed by atoms with van der Waals surface area (Å²) in [5, 5.41) is 7.64. The lowest BCUT2D eigenvalue weighted by Gasteiger charge is -2.19. The topological polar surface area (TPSA) is 52.8 Å². The molecule has 0 radical (unpaired) electrons. The third-order valence-electron chi connectivity index (χ3n) is 4.76. The number of rotatable bonds is 8. The number of benzene rings is 1. The number of guanidine groups is 1. The highest BCUT2D eigenvalue weighted by Gasteiger charge is 2.15. The number of nitrogens with one attached hydrogen (secondary N) is 2. The summed E-state index contributed by atoms with van der Waals surface area (Å²) in [7, 11) is 3.95. The zero-order valence-corrected chi connectivity index (χ0v) is 17.1. The van der Waals surface area contributed by atoms with Crippen molar-refractivity contribution in [3.63, 3.8) is 0 Å². The molecule has 1 atom stereocenters. The largest absolute Gasteiger partial charge is 0.468 e. The Bertz CT molecular complexity index is 711. The fourth-order valence-corrected chi connectivity index (χ4v) is 4.52. The summed E-state index contributed by atoms with van der Waals surface area (Å²) in [6.07, 6.45) is 4.37. The Labute approximate surface area is 166 Å². The summed E-state index contributed by atoms with van der Waals surface area (Å²) >= 11 is 2.06.